The van der Waals surface area contributed by atoms with Crippen molar-refractivity contribution in [2.75, 3.05) is 0 Å². The topological polar surface area (TPSA) is 108 Å². The molecule has 0 radical (unpaired) electrons. The van der Waals surface area contributed by atoms with Gasteiger partial charge < -0.3 is 14.9 Å². The van der Waals surface area contributed by atoms with Gasteiger partial charge in [0, 0.05) is 11.6 Å². The summed E-state index contributed by atoms with van der Waals surface area (Å²) < 4.78 is 7.63. The van der Waals surface area contributed by atoms with Crippen LogP contribution in [0.1, 0.15) is 33.8 Å². The van der Waals surface area contributed by atoms with Crippen molar-refractivity contribution in [2.24, 2.45) is 0 Å². The summed E-state index contributed by atoms with van der Waals surface area (Å²) in [5, 5.41) is 29.4. The number of imidazole rings is 1. The number of thiophene rings is 1. The van der Waals surface area contributed by atoms with Crippen molar-refractivity contribution in [3.8, 4) is 22.6 Å². The molecule has 9 heteroatoms. The predicted molar refractivity (Wildman–Crippen MR) is 113 cm³/mol. The number of rotatable bonds is 5. The lowest BCUT2D eigenvalue weighted by Crippen LogP contribution is -2.06. The summed E-state index contributed by atoms with van der Waals surface area (Å²) in [4.78, 5) is 16.1. The van der Waals surface area contributed by atoms with Gasteiger partial charge in [0.25, 0.3) is 0 Å². The summed E-state index contributed by atoms with van der Waals surface area (Å²) in [7, 11) is 0. The Kier molecular flexibility index (Phi) is 5.08. The molecule has 150 valence electrons. The number of aromatic nitrogens is 2. The van der Waals surface area contributed by atoms with Crippen LogP contribution in [0.3, 0.4) is 0 Å². The molecule has 0 amide bonds. The van der Waals surface area contributed by atoms with Crippen LogP contribution in [0.15, 0.2) is 48.8 Å². The third-order valence-corrected chi connectivity index (χ3v) is 6.06. The van der Waals surface area contributed by atoms with Crippen LogP contribution >= 0.6 is 22.9 Å². The molecule has 2 heterocycles. The number of aromatic carboxylic acids is 1. The second kappa shape index (κ2) is 7.71. The fourth-order valence-electron chi connectivity index (χ4n) is 3.08. The number of phenols is 1. The molecule has 0 aliphatic heterocycles. The van der Waals surface area contributed by atoms with Crippen LogP contribution in [-0.2, 0) is 0 Å². The number of carboxylic acids is 1. The van der Waals surface area contributed by atoms with Gasteiger partial charge in [-0.25, -0.2) is 9.78 Å². The van der Waals surface area contributed by atoms with Gasteiger partial charge in [0.1, 0.15) is 28.9 Å². The molecule has 0 bridgehead atoms. The van der Waals surface area contributed by atoms with Gasteiger partial charge in [0.05, 0.1) is 27.7 Å². The summed E-state index contributed by atoms with van der Waals surface area (Å²) >= 11 is 7.19. The van der Waals surface area contributed by atoms with Crippen molar-refractivity contribution in [2.45, 2.75) is 13.0 Å². The van der Waals surface area contributed by atoms with E-state index in [-0.39, 0.29) is 21.4 Å². The highest BCUT2D eigenvalue weighted by Gasteiger charge is 2.22. The first-order chi connectivity index (χ1) is 14.4. The summed E-state index contributed by atoms with van der Waals surface area (Å²) in [5.74, 6) is -1.03. The highest BCUT2D eigenvalue weighted by atomic mass is 35.5. The lowest BCUT2D eigenvalue weighted by atomic mass is 10.1. The van der Waals surface area contributed by atoms with Crippen LogP contribution in [0.5, 0.6) is 11.5 Å². The van der Waals surface area contributed by atoms with E-state index in [1.807, 2.05) is 0 Å². The molecule has 0 unspecified atom stereocenters. The molecule has 4 rings (SSSR count). The van der Waals surface area contributed by atoms with Gasteiger partial charge in [-0.2, -0.15) is 5.26 Å². The standard InChI is InChI=1S/C21H14ClN3O4S/c1-11(13-3-2-4-16(26)19(13)22)29-17-8-18(30-20(17)21(27)28)25-10-24-14-6-5-12(9-23)7-15(14)25/h2-8,10-11,26H,1H3,(H,27,28)/t11-/m1/s1. The van der Waals surface area contributed by atoms with Gasteiger partial charge in [0.15, 0.2) is 4.88 Å². The molecule has 0 fully saturated rings. The summed E-state index contributed by atoms with van der Waals surface area (Å²) in [6, 6.07) is 13.6. The average molecular weight is 440 g/mol. The maximum absolute atomic E-state index is 11.8. The Morgan fingerprint density at radius 1 is 1.33 bits per heavy atom. The number of nitrogens with zero attached hydrogens (tertiary/aromatic N) is 3. The first-order valence-electron chi connectivity index (χ1n) is 8.77. The fraction of sp³-hybridized carbons (Fsp3) is 0.0952. The Balaban J connectivity index is 1.75. The van der Waals surface area contributed by atoms with E-state index in [1.54, 1.807) is 54.2 Å². The molecule has 30 heavy (non-hydrogen) atoms. The lowest BCUT2D eigenvalue weighted by molar-refractivity contribution is 0.0695. The molecule has 0 saturated heterocycles. The molecule has 1 atom stereocenters. The maximum atomic E-state index is 11.8. The van der Waals surface area contributed by atoms with E-state index in [4.69, 9.17) is 21.6 Å². The van der Waals surface area contributed by atoms with E-state index >= 15 is 0 Å². The third-order valence-electron chi connectivity index (χ3n) is 4.54. The van der Waals surface area contributed by atoms with Crippen molar-refractivity contribution in [1.29, 1.82) is 5.26 Å². The lowest BCUT2D eigenvalue weighted by Gasteiger charge is -2.16. The monoisotopic (exact) mass is 439 g/mol. The first kappa shape index (κ1) is 19.8. The van der Waals surface area contributed by atoms with Crippen LogP contribution in [0.25, 0.3) is 16.0 Å². The minimum Gasteiger partial charge on any atom is -0.506 e. The quantitative estimate of drug-likeness (QED) is 0.444. The van der Waals surface area contributed by atoms with Crippen LogP contribution in [0, 0.1) is 11.3 Å². The molecular formula is C21H14ClN3O4S. The molecule has 0 saturated carbocycles. The molecular weight excluding hydrogens is 426 g/mol. The van der Waals surface area contributed by atoms with E-state index in [0.717, 1.165) is 11.3 Å². The highest BCUT2D eigenvalue weighted by molar-refractivity contribution is 7.16. The number of phenolic OH excluding ortho intramolecular Hbond substituents is 1. The van der Waals surface area contributed by atoms with E-state index < -0.39 is 12.1 Å². The predicted octanol–water partition coefficient (Wildman–Crippen LogP) is 5.16. The number of aromatic hydroxyl groups is 1. The van der Waals surface area contributed by atoms with Gasteiger partial charge >= 0.3 is 5.97 Å². The van der Waals surface area contributed by atoms with Crippen molar-refractivity contribution >= 4 is 39.9 Å². The highest BCUT2D eigenvalue weighted by Crippen LogP contribution is 2.38. The SMILES string of the molecule is C[C@@H](Oc1cc(-n2cnc3ccc(C#N)cc32)sc1C(=O)O)c1cccc(O)c1Cl. The molecule has 0 spiro atoms. The number of halogens is 1. The van der Waals surface area contributed by atoms with Crippen LogP contribution in [0.2, 0.25) is 5.02 Å². The Morgan fingerprint density at radius 3 is 2.87 bits per heavy atom. The van der Waals surface area contributed by atoms with Crippen LogP contribution in [-0.4, -0.2) is 25.7 Å². The smallest absolute Gasteiger partial charge is 0.349 e. The number of nitriles is 1. The van der Waals surface area contributed by atoms with Crippen LogP contribution < -0.4 is 4.74 Å². The first-order valence-corrected chi connectivity index (χ1v) is 9.97. The molecule has 0 aliphatic carbocycles. The number of fused-ring (bicyclic) bond motifs is 1. The number of ether oxygens (including phenoxy) is 1. The zero-order chi connectivity index (χ0) is 21.4. The third kappa shape index (κ3) is 3.45. The molecule has 2 aromatic carbocycles. The van der Waals surface area contributed by atoms with Gasteiger partial charge in [-0.15, -0.1) is 11.3 Å². The summed E-state index contributed by atoms with van der Waals surface area (Å²) in [6.07, 6.45) is 0.970. The maximum Gasteiger partial charge on any atom is 0.349 e. The van der Waals surface area contributed by atoms with E-state index in [1.165, 1.54) is 6.07 Å². The average Bonchev–Trinajstić information content (AvgIpc) is 3.33. The Hall–Kier alpha value is -3.54. The normalized spacial score (nSPS) is 11.9. The Morgan fingerprint density at radius 2 is 2.13 bits per heavy atom. The van der Waals surface area contributed by atoms with Gasteiger partial charge in [0.2, 0.25) is 0 Å². The summed E-state index contributed by atoms with van der Waals surface area (Å²) in [5.41, 5.74) is 2.37. The number of hydrogen-bond donors (Lipinski definition) is 2. The van der Waals surface area contributed by atoms with E-state index in [9.17, 15) is 15.0 Å². The van der Waals surface area contributed by atoms with Gasteiger partial charge in [-0.3, -0.25) is 4.57 Å². The van der Waals surface area contributed by atoms with Crippen molar-refractivity contribution in [3.63, 3.8) is 0 Å². The largest absolute Gasteiger partial charge is 0.506 e. The molecule has 0 aliphatic rings. The zero-order valence-electron chi connectivity index (χ0n) is 15.5. The molecule has 7 nitrogen and oxygen atoms in total. The van der Waals surface area contributed by atoms with Crippen LogP contribution in [0.4, 0.5) is 0 Å². The van der Waals surface area contributed by atoms with Gasteiger partial charge in [-0.1, -0.05) is 23.7 Å². The summed E-state index contributed by atoms with van der Waals surface area (Å²) in [6.45, 7) is 1.72. The van der Waals surface area contributed by atoms with E-state index in [0.29, 0.717) is 27.2 Å². The minimum atomic E-state index is -1.13. The number of benzene rings is 2. The zero-order valence-corrected chi connectivity index (χ0v) is 17.1. The molecule has 4 aromatic rings. The van der Waals surface area contributed by atoms with Gasteiger partial charge in [-0.05, 0) is 31.2 Å². The fourth-order valence-corrected chi connectivity index (χ4v) is 4.27. The Labute approximate surface area is 180 Å². The Bertz CT molecular complexity index is 1320. The van der Waals surface area contributed by atoms with Crippen molar-refractivity contribution < 1.29 is 19.7 Å². The number of hydrogen-bond acceptors (Lipinski definition) is 6. The number of carboxylic acid groups (broad SMARTS) is 1. The second-order valence-electron chi connectivity index (χ2n) is 6.45. The molecule has 2 aromatic heterocycles. The minimum absolute atomic E-state index is 0.0198. The van der Waals surface area contributed by atoms with Crippen molar-refractivity contribution in [3.05, 3.63) is 69.8 Å². The van der Waals surface area contributed by atoms with Crippen molar-refractivity contribution in [1.82, 2.24) is 9.55 Å². The number of carbonyl (C=O) groups is 1. The molecule has 2 N–H and O–H groups in total. The second-order valence-corrected chi connectivity index (χ2v) is 7.86. The van der Waals surface area contributed by atoms with E-state index in [2.05, 4.69) is 11.1 Å².